The number of rotatable bonds is 7. The smallest absolute Gasteiger partial charge is 0.327 e. The average Bonchev–Trinajstić information content (AvgIpc) is 2.26. The Morgan fingerprint density at radius 1 is 1.25 bits per heavy atom. The van der Waals surface area contributed by atoms with Crippen molar-refractivity contribution in [2.75, 3.05) is 6.16 Å². The SMILES string of the molecule is CC(C)C[C@@H](CP(=O)(O)O)NC(=O)Cc1ccccc1. The molecule has 6 heteroatoms. The van der Waals surface area contributed by atoms with Gasteiger partial charge in [0.1, 0.15) is 0 Å². The average molecular weight is 299 g/mol. The highest BCUT2D eigenvalue weighted by Gasteiger charge is 2.23. The van der Waals surface area contributed by atoms with Gasteiger partial charge in [0.25, 0.3) is 0 Å². The van der Waals surface area contributed by atoms with Crippen molar-refractivity contribution in [3.63, 3.8) is 0 Å². The van der Waals surface area contributed by atoms with Crippen LogP contribution in [0.3, 0.4) is 0 Å². The lowest BCUT2D eigenvalue weighted by Crippen LogP contribution is -2.39. The zero-order valence-corrected chi connectivity index (χ0v) is 12.7. The Bertz CT molecular complexity index is 469. The number of benzene rings is 1. The van der Waals surface area contributed by atoms with Crippen LogP contribution < -0.4 is 5.32 Å². The Balaban J connectivity index is 2.59. The highest BCUT2D eigenvalue weighted by atomic mass is 31.2. The molecule has 1 atom stereocenters. The summed E-state index contributed by atoms with van der Waals surface area (Å²) in [6.07, 6.45) is 0.452. The van der Waals surface area contributed by atoms with Crippen molar-refractivity contribution in [1.82, 2.24) is 5.32 Å². The van der Waals surface area contributed by atoms with E-state index < -0.39 is 13.6 Å². The van der Waals surface area contributed by atoms with Gasteiger partial charge < -0.3 is 15.1 Å². The van der Waals surface area contributed by atoms with Gasteiger partial charge in [0.05, 0.1) is 12.6 Å². The van der Waals surface area contributed by atoms with Crippen LogP contribution in [0.25, 0.3) is 0 Å². The molecule has 0 radical (unpaired) electrons. The normalized spacial score (nSPS) is 13.2. The molecule has 1 amide bonds. The molecule has 0 spiro atoms. The van der Waals surface area contributed by atoms with E-state index in [9.17, 15) is 9.36 Å². The second-order valence-electron chi connectivity index (χ2n) is 5.40. The van der Waals surface area contributed by atoms with Gasteiger partial charge in [0.2, 0.25) is 5.91 Å². The van der Waals surface area contributed by atoms with Crippen LogP contribution in [0.15, 0.2) is 30.3 Å². The molecule has 0 heterocycles. The van der Waals surface area contributed by atoms with Gasteiger partial charge in [0.15, 0.2) is 0 Å². The van der Waals surface area contributed by atoms with Crippen LogP contribution in [0, 0.1) is 5.92 Å². The standard InChI is InChI=1S/C14H22NO4P/c1-11(2)8-13(10-20(17,18)19)15-14(16)9-12-6-4-3-5-7-12/h3-7,11,13H,8-10H2,1-2H3,(H,15,16)(H2,17,18,19)/t13-/m0/s1. The quantitative estimate of drug-likeness (QED) is 0.672. The summed E-state index contributed by atoms with van der Waals surface area (Å²) < 4.78 is 11.1. The van der Waals surface area contributed by atoms with Crippen LogP contribution in [0.2, 0.25) is 0 Å². The molecule has 0 aliphatic carbocycles. The first-order valence-corrected chi connectivity index (χ1v) is 8.44. The lowest BCUT2D eigenvalue weighted by molar-refractivity contribution is -0.121. The fourth-order valence-electron chi connectivity index (χ4n) is 2.10. The van der Waals surface area contributed by atoms with Crippen LogP contribution in [0.1, 0.15) is 25.8 Å². The van der Waals surface area contributed by atoms with Crippen molar-refractivity contribution in [2.24, 2.45) is 5.92 Å². The van der Waals surface area contributed by atoms with Gasteiger partial charge in [0, 0.05) is 6.04 Å². The summed E-state index contributed by atoms with van der Waals surface area (Å²) in [7, 11) is -4.13. The Morgan fingerprint density at radius 2 is 1.85 bits per heavy atom. The topological polar surface area (TPSA) is 86.6 Å². The maximum absolute atomic E-state index is 11.9. The summed E-state index contributed by atoms with van der Waals surface area (Å²) in [6.45, 7) is 3.91. The molecule has 0 fully saturated rings. The summed E-state index contributed by atoms with van der Waals surface area (Å²) in [5.74, 6) is 0.0406. The van der Waals surface area contributed by atoms with Gasteiger partial charge in [-0.1, -0.05) is 44.2 Å². The molecule has 1 aromatic rings. The Kier molecular flexibility index (Phi) is 6.40. The van der Waals surface area contributed by atoms with Gasteiger partial charge in [-0.3, -0.25) is 9.36 Å². The number of hydrogen-bond acceptors (Lipinski definition) is 2. The lowest BCUT2D eigenvalue weighted by Gasteiger charge is -2.21. The third-order valence-electron chi connectivity index (χ3n) is 2.79. The minimum Gasteiger partial charge on any atom is -0.352 e. The van der Waals surface area contributed by atoms with E-state index in [2.05, 4.69) is 5.32 Å². The van der Waals surface area contributed by atoms with Crippen molar-refractivity contribution in [3.05, 3.63) is 35.9 Å². The van der Waals surface area contributed by atoms with E-state index in [0.717, 1.165) is 5.56 Å². The molecule has 5 nitrogen and oxygen atoms in total. The van der Waals surface area contributed by atoms with Crippen molar-refractivity contribution in [2.45, 2.75) is 32.7 Å². The number of amides is 1. The number of hydrogen-bond donors (Lipinski definition) is 3. The molecular weight excluding hydrogens is 277 g/mol. The van der Waals surface area contributed by atoms with Gasteiger partial charge in [-0.15, -0.1) is 0 Å². The van der Waals surface area contributed by atoms with Gasteiger partial charge in [-0.25, -0.2) is 0 Å². The Labute approximate surface area is 119 Å². The van der Waals surface area contributed by atoms with Crippen molar-refractivity contribution >= 4 is 13.5 Å². The van der Waals surface area contributed by atoms with Crippen LogP contribution in [0.5, 0.6) is 0 Å². The molecule has 1 rings (SSSR count). The monoisotopic (exact) mass is 299 g/mol. The number of carbonyl (C=O) groups is 1. The molecule has 20 heavy (non-hydrogen) atoms. The summed E-state index contributed by atoms with van der Waals surface area (Å²) in [5, 5.41) is 2.72. The minimum atomic E-state index is -4.13. The second kappa shape index (κ2) is 7.58. The third-order valence-corrected chi connectivity index (χ3v) is 3.70. The predicted molar refractivity (Wildman–Crippen MR) is 78.4 cm³/mol. The first kappa shape index (κ1) is 16.9. The molecule has 0 unspecified atom stereocenters. The molecule has 0 aliphatic rings. The zero-order valence-electron chi connectivity index (χ0n) is 11.8. The van der Waals surface area contributed by atoms with E-state index in [1.165, 1.54) is 0 Å². The van der Waals surface area contributed by atoms with E-state index in [4.69, 9.17) is 9.79 Å². The van der Waals surface area contributed by atoms with E-state index in [0.29, 0.717) is 6.42 Å². The van der Waals surface area contributed by atoms with E-state index in [-0.39, 0.29) is 24.4 Å². The third kappa shape index (κ3) is 7.43. The first-order valence-electron chi connectivity index (χ1n) is 6.64. The lowest BCUT2D eigenvalue weighted by atomic mass is 10.0. The maximum Gasteiger partial charge on any atom is 0.327 e. The van der Waals surface area contributed by atoms with E-state index >= 15 is 0 Å². The first-order chi connectivity index (χ1) is 9.26. The summed E-state index contributed by atoms with van der Waals surface area (Å²) in [4.78, 5) is 30.1. The van der Waals surface area contributed by atoms with Gasteiger partial charge in [-0.2, -0.15) is 0 Å². The fraction of sp³-hybridized carbons (Fsp3) is 0.500. The van der Waals surface area contributed by atoms with E-state index in [1.54, 1.807) is 0 Å². The van der Waals surface area contributed by atoms with Crippen LogP contribution in [-0.4, -0.2) is 27.9 Å². The van der Waals surface area contributed by atoms with E-state index in [1.807, 2.05) is 44.2 Å². The molecule has 0 saturated carbocycles. The van der Waals surface area contributed by atoms with Crippen molar-refractivity contribution in [3.8, 4) is 0 Å². The van der Waals surface area contributed by atoms with Crippen LogP contribution in [-0.2, 0) is 15.8 Å². The summed E-state index contributed by atoms with van der Waals surface area (Å²) in [5.41, 5.74) is 0.879. The Morgan fingerprint density at radius 3 is 2.35 bits per heavy atom. The van der Waals surface area contributed by atoms with Gasteiger partial charge >= 0.3 is 7.60 Å². The molecule has 112 valence electrons. The number of carbonyl (C=O) groups excluding carboxylic acids is 1. The second-order valence-corrected chi connectivity index (χ2v) is 7.10. The predicted octanol–water partition coefficient (Wildman–Crippen LogP) is 1.94. The molecule has 1 aromatic carbocycles. The molecule has 3 N–H and O–H groups in total. The Hall–Kier alpha value is -1.16. The molecule has 0 saturated heterocycles. The molecule has 0 aliphatic heterocycles. The van der Waals surface area contributed by atoms with Crippen LogP contribution in [0.4, 0.5) is 0 Å². The number of nitrogens with one attached hydrogen (secondary N) is 1. The van der Waals surface area contributed by atoms with Crippen LogP contribution >= 0.6 is 7.60 Å². The maximum atomic E-state index is 11.9. The highest BCUT2D eigenvalue weighted by molar-refractivity contribution is 7.51. The summed E-state index contributed by atoms with van der Waals surface area (Å²) in [6, 6.07) is 8.77. The minimum absolute atomic E-state index is 0.213. The molecular formula is C14H22NO4P. The zero-order chi connectivity index (χ0) is 15.2. The summed E-state index contributed by atoms with van der Waals surface area (Å²) >= 11 is 0. The molecule has 0 aromatic heterocycles. The highest BCUT2D eigenvalue weighted by Crippen LogP contribution is 2.36. The fourth-order valence-corrected chi connectivity index (χ4v) is 2.91. The van der Waals surface area contributed by atoms with Crippen molar-refractivity contribution < 1.29 is 19.1 Å². The van der Waals surface area contributed by atoms with Crippen molar-refractivity contribution in [1.29, 1.82) is 0 Å². The van der Waals surface area contributed by atoms with Gasteiger partial charge in [-0.05, 0) is 17.9 Å². The molecule has 0 bridgehead atoms. The largest absolute Gasteiger partial charge is 0.352 e.